The van der Waals surface area contributed by atoms with E-state index in [1.807, 2.05) is 18.7 Å². The van der Waals surface area contributed by atoms with Crippen molar-refractivity contribution in [1.29, 1.82) is 0 Å². The molecule has 23 heavy (non-hydrogen) atoms. The molecule has 1 aliphatic rings. The van der Waals surface area contributed by atoms with Gasteiger partial charge < -0.3 is 25.7 Å². The van der Waals surface area contributed by atoms with Gasteiger partial charge in [-0.1, -0.05) is 0 Å². The number of nitrogens with zero attached hydrogens (tertiary/aromatic N) is 4. The van der Waals surface area contributed by atoms with E-state index in [1.165, 1.54) is 0 Å². The van der Waals surface area contributed by atoms with Crippen LogP contribution in [0.3, 0.4) is 0 Å². The Hall–Kier alpha value is -2.16. The molecule has 0 radical (unpaired) electrons. The third-order valence-corrected chi connectivity index (χ3v) is 3.71. The average Bonchev–Trinajstić information content (AvgIpc) is 2.88. The maximum Gasteiger partial charge on any atom is 0.311 e. The van der Waals surface area contributed by atoms with Gasteiger partial charge in [-0.2, -0.15) is 15.0 Å². The lowest BCUT2D eigenvalue weighted by Crippen LogP contribution is -2.32. The first-order chi connectivity index (χ1) is 10.8. The summed E-state index contributed by atoms with van der Waals surface area (Å²) in [7, 11) is 0. The maximum atomic E-state index is 11.4. The van der Waals surface area contributed by atoms with E-state index >= 15 is 0 Å². The zero-order valence-electron chi connectivity index (χ0n) is 13.7. The summed E-state index contributed by atoms with van der Waals surface area (Å²) in [5.74, 6) is 0.410. The van der Waals surface area contributed by atoms with Crippen molar-refractivity contribution in [2.24, 2.45) is 5.41 Å². The molecular formula is C14H24N6O3. The van der Waals surface area contributed by atoms with Crippen molar-refractivity contribution in [3.05, 3.63) is 0 Å². The molecular weight excluding hydrogens is 300 g/mol. The number of carbonyl (C=O) groups is 1. The van der Waals surface area contributed by atoms with Crippen molar-refractivity contribution in [3.63, 3.8) is 0 Å². The zero-order valence-corrected chi connectivity index (χ0v) is 13.7. The third-order valence-electron chi connectivity index (χ3n) is 3.71. The topological polar surface area (TPSA) is 124 Å². The number of rotatable bonds is 7. The van der Waals surface area contributed by atoms with E-state index in [0.29, 0.717) is 43.9 Å². The lowest BCUT2D eigenvalue weighted by atomic mass is 9.90. The number of aliphatic hydroxyl groups excluding tert-OH is 1. The quantitative estimate of drug-likeness (QED) is 0.564. The van der Waals surface area contributed by atoms with E-state index in [4.69, 9.17) is 5.11 Å². The predicted octanol–water partition coefficient (Wildman–Crippen LogP) is 0.397. The second-order valence-corrected chi connectivity index (χ2v) is 6.27. The van der Waals surface area contributed by atoms with Crippen molar-refractivity contribution in [2.75, 3.05) is 41.8 Å². The first kappa shape index (κ1) is 17.2. The number of carboxylic acid groups (broad SMARTS) is 1. The molecule has 4 N–H and O–H groups in total. The van der Waals surface area contributed by atoms with E-state index in [0.717, 1.165) is 0 Å². The molecule has 0 aromatic carbocycles. The Morgan fingerprint density at radius 2 is 2.04 bits per heavy atom. The van der Waals surface area contributed by atoms with Crippen LogP contribution in [-0.2, 0) is 4.79 Å². The SMILES string of the molecule is CC(C)Nc1nc(NCCO)nc(N2CCC(C)(C(=O)O)C2)n1. The molecule has 1 saturated heterocycles. The van der Waals surface area contributed by atoms with Gasteiger partial charge in [0.05, 0.1) is 12.0 Å². The second-order valence-electron chi connectivity index (χ2n) is 6.27. The average molecular weight is 324 g/mol. The smallest absolute Gasteiger partial charge is 0.311 e. The van der Waals surface area contributed by atoms with Gasteiger partial charge in [-0.3, -0.25) is 4.79 Å². The lowest BCUT2D eigenvalue weighted by Gasteiger charge is -2.21. The van der Waals surface area contributed by atoms with Gasteiger partial charge in [0, 0.05) is 25.7 Å². The van der Waals surface area contributed by atoms with Crippen LogP contribution >= 0.6 is 0 Å². The number of aliphatic hydroxyl groups is 1. The number of aliphatic carboxylic acids is 1. The number of hydrogen-bond donors (Lipinski definition) is 4. The first-order valence-corrected chi connectivity index (χ1v) is 7.70. The summed E-state index contributed by atoms with van der Waals surface area (Å²) in [5, 5.41) is 24.3. The Bertz CT molecular complexity index is 567. The number of anilines is 3. The highest BCUT2D eigenvalue weighted by molar-refractivity contribution is 5.76. The number of aromatic nitrogens is 3. The van der Waals surface area contributed by atoms with Crippen molar-refractivity contribution < 1.29 is 15.0 Å². The third kappa shape index (κ3) is 4.19. The summed E-state index contributed by atoms with van der Waals surface area (Å²) >= 11 is 0. The highest BCUT2D eigenvalue weighted by Gasteiger charge is 2.41. The molecule has 2 rings (SSSR count). The summed E-state index contributed by atoms with van der Waals surface area (Å²) in [5.41, 5.74) is -0.795. The largest absolute Gasteiger partial charge is 0.481 e. The number of carboxylic acids is 1. The molecule has 1 unspecified atom stereocenters. The van der Waals surface area contributed by atoms with Crippen LogP contribution < -0.4 is 15.5 Å². The predicted molar refractivity (Wildman–Crippen MR) is 86.7 cm³/mol. The molecule has 128 valence electrons. The highest BCUT2D eigenvalue weighted by Crippen LogP contribution is 2.32. The molecule has 2 heterocycles. The molecule has 0 spiro atoms. The van der Waals surface area contributed by atoms with Gasteiger partial charge in [0.2, 0.25) is 17.8 Å². The molecule has 1 aromatic heterocycles. The Morgan fingerprint density at radius 3 is 2.61 bits per heavy atom. The van der Waals surface area contributed by atoms with Gasteiger partial charge in [-0.05, 0) is 27.2 Å². The fourth-order valence-electron chi connectivity index (χ4n) is 2.38. The van der Waals surface area contributed by atoms with Gasteiger partial charge in [0.1, 0.15) is 0 Å². The summed E-state index contributed by atoms with van der Waals surface area (Å²) in [6, 6.07) is 0.152. The molecule has 9 heteroatoms. The first-order valence-electron chi connectivity index (χ1n) is 7.70. The zero-order chi connectivity index (χ0) is 17.0. The van der Waals surface area contributed by atoms with Gasteiger partial charge in [-0.15, -0.1) is 0 Å². The van der Waals surface area contributed by atoms with E-state index in [2.05, 4.69) is 25.6 Å². The van der Waals surface area contributed by atoms with E-state index in [1.54, 1.807) is 6.92 Å². The number of nitrogens with one attached hydrogen (secondary N) is 2. The minimum absolute atomic E-state index is 0.0330. The van der Waals surface area contributed by atoms with E-state index < -0.39 is 11.4 Å². The Balaban J connectivity index is 2.24. The fraction of sp³-hybridized carbons (Fsp3) is 0.714. The van der Waals surface area contributed by atoms with Crippen LogP contribution in [-0.4, -0.2) is 63.4 Å². The monoisotopic (exact) mass is 324 g/mol. The molecule has 0 amide bonds. The summed E-state index contributed by atoms with van der Waals surface area (Å²) in [4.78, 5) is 26.2. The molecule has 0 saturated carbocycles. The van der Waals surface area contributed by atoms with E-state index in [-0.39, 0.29) is 12.6 Å². The number of hydrogen-bond acceptors (Lipinski definition) is 8. The van der Waals surface area contributed by atoms with Crippen LogP contribution in [0.1, 0.15) is 27.2 Å². The van der Waals surface area contributed by atoms with Crippen LogP contribution in [0.5, 0.6) is 0 Å². The van der Waals surface area contributed by atoms with Crippen LogP contribution in [0, 0.1) is 5.41 Å². The summed E-state index contributed by atoms with van der Waals surface area (Å²) < 4.78 is 0. The molecule has 0 bridgehead atoms. The Morgan fingerprint density at radius 1 is 1.35 bits per heavy atom. The molecule has 1 fully saturated rings. The van der Waals surface area contributed by atoms with Crippen molar-refractivity contribution in [1.82, 2.24) is 15.0 Å². The molecule has 1 aliphatic heterocycles. The van der Waals surface area contributed by atoms with E-state index in [9.17, 15) is 9.90 Å². The molecule has 0 aliphatic carbocycles. The van der Waals surface area contributed by atoms with Gasteiger partial charge in [0.15, 0.2) is 0 Å². The van der Waals surface area contributed by atoms with Crippen LogP contribution in [0.4, 0.5) is 17.8 Å². The normalized spacial score (nSPS) is 20.8. The lowest BCUT2D eigenvalue weighted by molar-refractivity contribution is -0.146. The van der Waals surface area contributed by atoms with Gasteiger partial charge in [-0.25, -0.2) is 0 Å². The van der Waals surface area contributed by atoms with Crippen LogP contribution in [0.2, 0.25) is 0 Å². The standard InChI is InChI=1S/C14H24N6O3/c1-9(2)16-12-17-11(15-5-7-21)18-13(19-12)20-6-4-14(3,8-20)10(22)23/h9,21H,4-8H2,1-3H3,(H,22,23)(H2,15,16,17,18,19). The second kappa shape index (κ2) is 6.95. The highest BCUT2D eigenvalue weighted by atomic mass is 16.4. The van der Waals surface area contributed by atoms with Crippen LogP contribution in [0.25, 0.3) is 0 Å². The molecule has 1 aromatic rings. The Labute approximate surface area is 135 Å². The van der Waals surface area contributed by atoms with Crippen molar-refractivity contribution >= 4 is 23.8 Å². The molecule has 9 nitrogen and oxygen atoms in total. The minimum Gasteiger partial charge on any atom is -0.481 e. The van der Waals surface area contributed by atoms with Gasteiger partial charge in [0.25, 0.3) is 0 Å². The minimum atomic E-state index is -0.812. The van der Waals surface area contributed by atoms with Gasteiger partial charge >= 0.3 is 5.97 Å². The van der Waals surface area contributed by atoms with Crippen molar-refractivity contribution in [2.45, 2.75) is 33.2 Å². The summed E-state index contributed by atoms with van der Waals surface area (Å²) in [6.07, 6.45) is 0.542. The maximum absolute atomic E-state index is 11.4. The fourth-order valence-corrected chi connectivity index (χ4v) is 2.38. The summed E-state index contributed by atoms with van der Waals surface area (Å²) in [6.45, 7) is 6.91. The molecule has 1 atom stereocenters. The Kier molecular flexibility index (Phi) is 5.19. The van der Waals surface area contributed by atoms with Crippen molar-refractivity contribution in [3.8, 4) is 0 Å². The van der Waals surface area contributed by atoms with Crippen LogP contribution in [0.15, 0.2) is 0 Å².